The molecule has 0 spiro atoms. The van der Waals surface area contributed by atoms with Crippen molar-refractivity contribution in [3.63, 3.8) is 0 Å². The van der Waals surface area contributed by atoms with Gasteiger partial charge in [-0.1, -0.05) is 0 Å². The number of carbonyl (C=O) groups excluding carboxylic acids is 2. The SMILES string of the molecule is CC(=O)c1cc2c(cc1N1CC(S(N)(=O)=O)CC1=O)OCO2. The van der Waals surface area contributed by atoms with E-state index in [-0.39, 0.29) is 31.1 Å². The van der Waals surface area contributed by atoms with Gasteiger partial charge in [0.2, 0.25) is 22.7 Å². The first-order valence-electron chi connectivity index (χ1n) is 6.54. The number of nitrogens with zero attached hydrogens (tertiary/aromatic N) is 1. The molecule has 0 radical (unpaired) electrons. The Balaban J connectivity index is 2.05. The number of carbonyl (C=O) groups is 2. The molecule has 1 aromatic rings. The zero-order valence-corrected chi connectivity index (χ0v) is 12.6. The lowest BCUT2D eigenvalue weighted by Gasteiger charge is -2.19. The summed E-state index contributed by atoms with van der Waals surface area (Å²) in [7, 11) is -3.82. The van der Waals surface area contributed by atoms with E-state index >= 15 is 0 Å². The van der Waals surface area contributed by atoms with E-state index in [0.717, 1.165) is 0 Å². The molecule has 0 bridgehead atoms. The van der Waals surface area contributed by atoms with Gasteiger partial charge in [-0.3, -0.25) is 9.59 Å². The van der Waals surface area contributed by atoms with E-state index in [1.165, 1.54) is 24.0 Å². The van der Waals surface area contributed by atoms with Gasteiger partial charge in [0.05, 0.1) is 5.69 Å². The fourth-order valence-electron chi connectivity index (χ4n) is 2.56. The van der Waals surface area contributed by atoms with Crippen molar-refractivity contribution in [2.45, 2.75) is 18.6 Å². The molecule has 22 heavy (non-hydrogen) atoms. The largest absolute Gasteiger partial charge is 0.454 e. The van der Waals surface area contributed by atoms with Crippen molar-refractivity contribution >= 4 is 27.4 Å². The second kappa shape index (κ2) is 4.96. The fourth-order valence-corrected chi connectivity index (χ4v) is 3.30. The quantitative estimate of drug-likeness (QED) is 0.782. The van der Waals surface area contributed by atoms with Crippen LogP contribution in [-0.4, -0.2) is 38.7 Å². The van der Waals surface area contributed by atoms with Crippen LogP contribution < -0.4 is 19.5 Å². The highest BCUT2D eigenvalue weighted by Gasteiger charge is 2.39. The minimum Gasteiger partial charge on any atom is -0.454 e. The highest BCUT2D eigenvalue weighted by atomic mass is 32.2. The Bertz CT molecular complexity index is 773. The number of Topliss-reactive ketones (excluding diaryl/α,β-unsaturated/α-hetero) is 1. The number of amides is 1. The second-order valence-corrected chi connectivity index (χ2v) is 7.04. The molecule has 1 saturated heterocycles. The molecule has 9 heteroatoms. The summed E-state index contributed by atoms with van der Waals surface area (Å²) in [5.41, 5.74) is 0.584. The minimum absolute atomic E-state index is 0.0316. The van der Waals surface area contributed by atoms with Crippen LogP contribution in [0.4, 0.5) is 5.69 Å². The zero-order chi connectivity index (χ0) is 16.1. The van der Waals surface area contributed by atoms with Gasteiger partial charge in [-0.15, -0.1) is 0 Å². The topological polar surface area (TPSA) is 116 Å². The maximum absolute atomic E-state index is 12.1. The monoisotopic (exact) mass is 326 g/mol. The lowest BCUT2D eigenvalue weighted by atomic mass is 10.1. The number of fused-ring (bicyclic) bond motifs is 1. The molecule has 2 aliphatic heterocycles. The molecule has 1 atom stereocenters. The molecule has 118 valence electrons. The summed E-state index contributed by atoms with van der Waals surface area (Å²) < 4.78 is 33.4. The number of sulfonamides is 1. The third kappa shape index (κ3) is 2.42. The molecule has 0 aromatic heterocycles. The number of ether oxygens (including phenoxy) is 2. The van der Waals surface area contributed by atoms with Crippen LogP contribution in [0.25, 0.3) is 0 Å². The smallest absolute Gasteiger partial charge is 0.231 e. The molecule has 3 rings (SSSR count). The summed E-state index contributed by atoms with van der Waals surface area (Å²) in [6.07, 6.45) is -0.204. The van der Waals surface area contributed by atoms with Gasteiger partial charge < -0.3 is 14.4 Å². The zero-order valence-electron chi connectivity index (χ0n) is 11.7. The van der Waals surface area contributed by atoms with Crippen molar-refractivity contribution in [3.8, 4) is 11.5 Å². The Morgan fingerprint density at radius 3 is 2.50 bits per heavy atom. The molecular weight excluding hydrogens is 312 g/mol. The summed E-state index contributed by atoms with van der Waals surface area (Å²) >= 11 is 0. The number of benzene rings is 1. The van der Waals surface area contributed by atoms with E-state index in [0.29, 0.717) is 17.2 Å². The maximum Gasteiger partial charge on any atom is 0.231 e. The minimum atomic E-state index is -3.82. The normalized spacial score (nSPS) is 20.5. The van der Waals surface area contributed by atoms with Crippen molar-refractivity contribution in [2.75, 3.05) is 18.2 Å². The predicted octanol–water partition coefficient (Wildman–Crippen LogP) is 0.0117. The van der Waals surface area contributed by atoms with Gasteiger partial charge in [-0.25, -0.2) is 13.6 Å². The summed E-state index contributed by atoms with van der Waals surface area (Å²) in [4.78, 5) is 25.2. The molecule has 8 nitrogen and oxygen atoms in total. The summed E-state index contributed by atoms with van der Waals surface area (Å²) in [6.45, 7) is 1.31. The van der Waals surface area contributed by atoms with Gasteiger partial charge in [-0.05, 0) is 13.0 Å². The van der Waals surface area contributed by atoms with Crippen molar-refractivity contribution in [3.05, 3.63) is 17.7 Å². The molecule has 2 aliphatic rings. The van der Waals surface area contributed by atoms with Gasteiger partial charge >= 0.3 is 0 Å². The lowest BCUT2D eigenvalue weighted by Crippen LogP contribution is -2.32. The first-order valence-corrected chi connectivity index (χ1v) is 8.15. The maximum atomic E-state index is 12.1. The summed E-state index contributed by atoms with van der Waals surface area (Å²) in [6, 6.07) is 3.01. The Kier molecular flexibility index (Phi) is 3.33. The third-order valence-corrected chi connectivity index (χ3v) is 4.96. The third-order valence-electron chi connectivity index (χ3n) is 3.72. The molecule has 2 heterocycles. The highest BCUT2D eigenvalue weighted by Crippen LogP contribution is 2.40. The number of hydrogen-bond donors (Lipinski definition) is 1. The predicted molar refractivity (Wildman–Crippen MR) is 76.4 cm³/mol. The van der Waals surface area contributed by atoms with E-state index < -0.39 is 21.2 Å². The van der Waals surface area contributed by atoms with Gasteiger partial charge in [0.1, 0.15) is 5.25 Å². The van der Waals surface area contributed by atoms with Crippen LogP contribution in [0.5, 0.6) is 11.5 Å². The van der Waals surface area contributed by atoms with Crippen LogP contribution in [-0.2, 0) is 14.8 Å². The average molecular weight is 326 g/mol. The van der Waals surface area contributed by atoms with Gasteiger partial charge in [0.25, 0.3) is 0 Å². The van der Waals surface area contributed by atoms with Crippen molar-refractivity contribution < 1.29 is 27.5 Å². The Morgan fingerprint density at radius 2 is 1.95 bits per heavy atom. The Morgan fingerprint density at radius 1 is 1.32 bits per heavy atom. The number of hydrogen-bond acceptors (Lipinski definition) is 6. The van der Waals surface area contributed by atoms with Crippen molar-refractivity contribution in [2.24, 2.45) is 5.14 Å². The standard InChI is InChI=1S/C13H14N2O6S/c1-7(16)9-3-11-12(21-6-20-11)4-10(9)15-5-8(2-13(15)17)22(14,18)19/h3-4,8H,2,5-6H2,1H3,(H2,14,18,19). The van der Waals surface area contributed by atoms with E-state index in [9.17, 15) is 18.0 Å². The first kappa shape index (κ1) is 14.8. The van der Waals surface area contributed by atoms with Crippen molar-refractivity contribution in [1.82, 2.24) is 0 Å². The van der Waals surface area contributed by atoms with Crippen LogP contribution >= 0.6 is 0 Å². The molecule has 1 amide bonds. The fraction of sp³-hybridized carbons (Fsp3) is 0.385. The van der Waals surface area contributed by atoms with Crippen LogP contribution in [0.15, 0.2) is 12.1 Å². The van der Waals surface area contributed by atoms with E-state index in [4.69, 9.17) is 14.6 Å². The molecule has 1 aromatic carbocycles. The van der Waals surface area contributed by atoms with Crippen LogP contribution in [0.3, 0.4) is 0 Å². The van der Waals surface area contributed by atoms with Gasteiger partial charge in [0, 0.05) is 24.6 Å². The van der Waals surface area contributed by atoms with E-state index in [2.05, 4.69) is 0 Å². The molecule has 0 aliphatic carbocycles. The summed E-state index contributed by atoms with van der Waals surface area (Å²) in [5, 5.41) is 4.13. The molecule has 2 N–H and O–H groups in total. The molecular formula is C13H14N2O6S. The van der Waals surface area contributed by atoms with E-state index in [1.807, 2.05) is 0 Å². The highest BCUT2D eigenvalue weighted by molar-refractivity contribution is 7.89. The number of ketones is 1. The number of primary sulfonamides is 1. The van der Waals surface area contributed by atoms with Crippen LogP contribution in [0, 0.1) is 0 Å². The molecule has 0 saturated carbocycles. The van der Waals surface area contributed by atoms with Crippen LogP contribution in [0.1, 0.15) is 23.7 Å². The lowest BCUT2D eigenvalue weighted by molar-refractivity contribution is -0.117. The average Bonchev–Trinajstić information content (AvgIpc) is 3.01. The molecule has 1 unspecified atom stereocenters. The van der Waals surface area contributed by atoms with Gasteiger partial charge in [-0.2, -0.15) is 0 Å². The number of nitrogens with two attached hydrogens (primary N) is 1. The molecule has 1 fully saturated rings. The van der Waals surface area contributed by atoms with E-state index in [1.54, 1.807) is 0 Å². The van der Waals surface area contributed by atoms with Crippen LogP contribution in [0.2, 0.25) is 0 Å². The Hall–Kier alpha value is -2.13. The van der Waals surface area contributed by atoms with Crippen molar-refractivity contribution in [1.29, 1.82) is 0 Å². The second-order valence-electron chi connectivity index (χ2n) is 5.20. The van der Waals surface area contributed by atoms with Gasteiger partial charge in [0.15, 0.2) is 17.3 Å². The number of anilines is 1. The number of rotatable bonds is 3. The first-order chi connectivity index (χ1) is 10.3. The Labute approximate surface area is 126 Å². The summed E-state index contributed by atoms with van der Waals surface area (Å²) in [5.74, 6) is 0.163.